The van der Waals surface area contributed by atoms with Crippen LogP contribution in [0.2, 0.25) is 0 Å². The Hall–Kier alpha value is -0.830. The minimum absolute atomic E-state index is 0.149. The van der Waals surface area contributed by atoms with Gasteiger partial charge in [0, 0.05) is 4.47 Å². The Morgan fingerprint density at radius 3 is 2.71 bits per heavy atom. The van der Waals surface area contributed by atoms with Crippen molar-refractivity contribution in [3.63, 3.8) is 0 Å². The van der Waals surface area contributed by atoms with E-state index in [-0.39, 0.29) is 11.3 Å². The Kier molecular flexibility index (Phi) is 3.30. The zero-order chi connectivity index (χ0) is 12.6. The van der Waals surface area contributed by atoms with E-state index in [9.17, 15) is 4.79 Å². The monoisotopic (exact) mass is 295 g/mol. The second-order valence-corrected chi connectivity index (χ2v) is 5.85. The first-order valence-electron chi connectivity index (χ1n) is 6.14. The van der Waals surface area contributed by atoms with Gasteiger partial charge in [-0.25, -0.2) is 0 Å². The maximum absolute atomic E-state index is 12.4. The Morgan fingerprint density at radius 2 is 2.12 bits per heavy atom. The highest BCUT2D eigenvalue weighted by Gasteiger charge is 2.48. The SMILES string of the molecule is CCCC1(C(C)C)C(=O)Nc2c(Br)cccc21. The first-order chi connectivity index (χ1) is 8.04. The predicted octanol–water partition coefficient (Wildman–Crippen LogP) is 4.10. The molecule has 1 aliphatic heterocycles. The number of carbonyl (C=O) groups is 1. The average Bonchev–Trinajstić information content (AvgIpc) is 2.56. The van der Waals surface area contributed by atoms with Crippen LogP contribution in [0.25, 0.3) is 0 Å². The number of halogens is 1. The molecule has 2 rings (SSSR count). The van der Waals surface area contributed by atoms with Gasteiger partial charge in [-0.05, 0) is 39.9 Å². The van der Waals surface area contributed by atoms with E-state index in [1.165, 1.54) is 0 Å². The molecule has 3 heteroatoms. The third-order valence-corrected chi connectivity index (χ3v) is 4.43. The zero-order valence-electron chi connectivity index (χ0n) is 10.5. The van der Waals surface area contributed by atoms with Crippen molar-refractivity contribution in [3.05, 3.63) is 28.2 Å². The first-order valence-corrected chi connectivity index (χ1v) is 6.93. The highest BCUT2D eigenvalue weighted by Crippen LogP contribution is 2.48. The second kappa shape index (κ2) is 4.45. The molecule has 0 radical (unpaired) electrons. The van der Waals surface area contributed by atoms with Gasteiger partial charge in [-0.1, -0.05) is 39.3 Å². The number of rotatable bonds is 3. The van der Waals surface area contributed by atoms with Crippen molar-refractivity contribution in [2.45, 2.75) is 39.0 Å². The summed E-state index contributed by atoms with van der Waals surface area (Å²) < 4.78 is 0.974. The summed E-state index contributed by atoms with van der Waals surface area (Å²) in [4.78, 5) is 12.4. The fourth-order valence-electron chi connectivity index (χ4n) is 2.87. The van der Waals surface area contributed by atoms with Crippen molar-refractivity contribution >= 4 is 27.5 Å². The largest absolute Gasteiger partial charge is 0.324 e. The summed E-state index contributed by atoms with van der Waals surface area (Å²) in [6.07, 6.45) is 1.91. The molecule has 92 valence electrons. The van der Waals surface area contributed by atoms with E-state index in [0.29, 0.717) is 5.92 Å². The molecule has 1 aliphatic rings. The van der Waals surface area contributed by atoms with E-state index in [0.717, 1.165) is 28.6 Å². The molecule has 17 heavy (non-hydrogen) atoms. The van der Waals surface area contributed by atoms with E-state index >= 15 is 0 Å². The predicted molar refractivity (Wildman–Crippen MR) is 74.2 cm³/mol. The second-order valence-electron chi connectivity index (χ2n) is 4.99. The van der Waals surface area contributed by atoms with E-state index in [1.54, 1.807) is 0 Å². The van der Waals surface area contributed by atoms with Crippen LogP contribution >= 0.6 is 15.9 Å². The van der Waals surface area contributed by atoms with Crippen molar-refractivity contribution in [1.29, 1.82) is 0 Å². The van der Waals surface area contributed by atoms with Gasteiger partial charge in [0.2, 0.25) is 5.91 Å². The van der Waals surface area contributed by atoms with Crippen LogP contribution in [0, 0.1) is 5.92 Å². The lowest BCUT2D eigenvalue weighted by Gasteiger charge is -2.31. The summed E-state index contributed by atoms with van der Waals surface area (Å²) in [5.74, 6) is 0.453. The van der Waals surface area contributed by atoms with Gasteiger partial charge in [-0.3, -0.25) is 4.79 Å². The molecule has 0 aliphatic carbocycles. The molecule has 1 aromatic rings. The number of nitrogens with one attached hydrogen (secondary N) is 1. The number of benzene rings is 1. The summed E-state index contributed by atoms with van der Waals surface area (Å²) in [5, 5.41) is 3.04. The van der Waals surface area contributed by atoms with Gasteiger partial charge >= 0.3 is 0 Å². The number of hydrogen-bond donors (Lipinski definition) is 1. The highest BCUT2D eigenvalue weighted by molar-refractivity contribution is 9.10. The summed E-state index contributed by atoms with van der Waals surface area (Å²) >= 11 is 3.51. The fourth-order valence-corrected chi connectivity index (χ4v) is 3.34. The summed E-state index contributed by atoms with van der Waals surface area (Å²) in [6, 6.07) is 6.06. The van der Waals surface area contributed by atoms with Crippen LogP contribution in [-0.2, 0) is 10.2 Å². The van der Waals surface area contributed by atoms with E-state index in [2.05, 4.69) is 48.1 Å². The smallest absolute Gasteiger partial charge is 0.235 e. The van der Waals surface area contributed by atoms with Gasteiger partial charge in [-0.2, -0.15) is 0 Å². The summed E-state index contributed by atoms with van der Waals surface area (Å²) in [6.45, 7) is 6.39. The van der Waals surface area contributed by atoms with Gasteiger partial charge in [0.15, 0.2) is 0 Å². The van der Waals surface area contributed by atoms with Gasteiger partial charge in [0.05, 0.1) is 11.1 Å². The van der Waals surface area contributed by atoms with E-state index < -0.39 is 0 Å². The number of fused-ring (bicyclic) bond motifs is 1. The normalized spacial score (nSPS) is 22.8. The van der Waals surface area contributed by atoms with Crippen molar-refractivity contribution in [2.75, 3.05) is 5.32 Å². The molecule has 1 heterocycles. The Bertz CT molecular complexity index is 456. The molecule has 0 fully saturated rings. The molecular formula is C14H18BrNO. The van der Waals surface area contributed by atoms with Crippen LogP contribution in [0.5, 0.6) is 0 Å². The number of amides is 1. The van der Waals surface area contributed by atoms with Crippen molar-refractivity contribution < 1.29 is 4.79 Å². The molecule has 1 aromatic carbocycles. The van der Waals surface area contributed by atoms with E-state index in [1.807, 2.05) is 12.1 Å². The minimum atomic E-state index is -0.353. The Balaban J connectivity index is 2.63. The van der Waals surface area contributed by atoms with Crippen LogP contribution < -0.4 is 5.32 Å². The molecule has 0 spiro atoms. The third-order valence-electron chi connectivity index (χ3n) is 3.77. The molecule has 1 unspecified atom stereocenters. The maximum Gasteiger partial charge on any atom is 0.235 e. The topological polar surface area (TPSA) is 29.1 Å². The lowest BCUT2D eigenvalue weighted by atomic mass is 9.69. The third kappa shape index (κ3) is 1.71. The van der Waals surface area contributed by atoms with Crippen LogP contribution in [0.1, 0.15) is 39.2 Å². The molecule has 1 amide bonds. The van der Waals surface area contributed by atoms with Gasteiger partial charge in [0.1, 0.15) is 0 Å². The van der Waals surface area contributed by atoms with Gasteiger partial charge in [0.25, 0.3) is 0 Å². The lowest BCUT2D eigenvalue weighted by Crippen LogP contribution is -2.39. The molecule has 1 atom stereocenters. The molecule has 1 N–H and O–H groups in total. The van der Waals surface area contributed by atoms with Crippen molar-refractivity contribution in [3.8, 4) is 0 Å². The first kappa shape index (κ1) is 12.6. The lowest BCUT2D eigenvalue weighted by molar-refractivity contribution is -0.122. The summed E-state index contributed by atoms with van der Waals surface area (Å²) in [7, 11) is 0. The number of para-hydroxylation sites is 1. The number of anilines is 1. The Morgan fingerprint density at radius 1 is 1.41 bits per heavy atom. The summed E-state index contributed by atoms with van der Waals surface area (Å²) in [5.41, 5.74) is 1.75. The molecule has 0 saturated heterocycles. The quantitative estimate of drug-likeness (QED) is 0.894. The van der Waals surface area contributed by atoms with Gasteiger partial charge in [-0.15, -0.1) is 0 Å². The van der Waals surface area contributed by atoms with Crippen LogP contribution in [0.15, 0.2) is 22.7 Å². The number of carbonyl (C=O) groups excluding carboxylic acids is 1. The maximum atomic E-state index is 12.4. The van der Waals surface area contributed by atoms with Crippen molar-refractivity contribution in [1.82, 2.24) is 0 Å². The fraction of sp³-hybridized carbons (Fsp3) is 0.500. The van der Waals surface area contributed by atoms with Crippen molar-refractivity contribution in [2.24, 2.45) is 5.92 Å². The Labute approximate surface area is 111 Å². The van der Waals surface area contributed by atoms with Crippen LogP contribution in [-0.4, -0.2) is 5.91 Å². The number of hydrogen-bond acceptors (Lipinski definition) is 1. The molecule has 0 bridgehead atoms. The molecule has 0 aromatic heterocycles. The minimum Gasteiger partial charge on any atom is -0.324 e. The van der Waals surface area contributed by atoms with Gasteiger partial charge < -0.3 is 5.32 Å². The van der Waals surface area contributed by atoms with Crippen LogP contribution in [0.3, 0.4) is 0 Å². The highest BCUT2D eigenvalue weighted by atomic mass is 79.9. The standard InChI is InChI=1S/C14H18BrNO/c1-4-8-14(9(2)3)10-6-5-7-11(15)12(10)16-13(14)17/h5-7,9H,4,8H2,1-3H3,(H,16,17). The van der Waals surface area contributed by atoms with E-state index in [4.69, 9.17) is 0 Å². The molecule has 0 saturated carbocycles. The molecular weight excluding hydrogens is 278 g/mol. The molecule has 2 nitrogen and oxygen atoms in total. The average molecular weight is 296 g/mol. The zero-order valence-corrected chi connectivity index (χ0v) is 12.1. The van der Waals surface area contributed by atoms with Crippen LogP contribution in [0.4, 0.5) is 5.69 Å².